The second kappa shape index (κ2) is 7.83. The largest absolute Gasteiger partial charge is 0.573 e. The van der Waals surface area contributed by atoms with Crippen molar-refractivity contribution in [3.8, 4) is 5.75 Å². The molecule has 0 amide bonds. The zero-order valence-corrected chi connectivity index (χ0v) is 14.7. The van der Waals surface area contributed by atoms with Crippen LogP contribution in [-0.4, -0.2) is 35.2 Å². The second-order valence-corrected chi connectivity index (χ2v) is 6.33. The summed E-state index contributed by atoms with van der Waals surface area (Å²) >= 11 is 1.25. The van der Waals surface area contributed by atoms with E-state index in [0.29, 0.717) is 15.3 Å². The van der Waals surface area contributed by atoms with Crippen LogP contribution >= 0.6 is 11.3 Å². The minimum Gasteiger partial charge on any atom is -0.406 e. The van der Waals surface area contributed by atoms with Crippen LogP contribution in [-0.2, 0) is 0 Å². The molecule has 0 fully saturated rings. The summed E-state index contributed by atoms with van der Waals surface area (Å²) in [5.41, 5.74) is 0.610. The van der Waals surface area contributed by atoms with Gasteiger partial charge in [-0.25, -0.2) is 9.98 Å². The van der Waals surface area contributed by atoms with Crippen molar-refractivity contribution in [3.63, 3.8) is 0 Å². The molecular weight excluding hydrogens is 339 g/mol. The third-order valence-electron chi connectivity index (χ3n) is 3.28. The summed E-state index contributed by atoms with van der Waals surface area (Å²) in [5, 5.41) is 0.531. The minimum atomic E-state index is -4.70. The fraction of sp³-hybridized carbons (Fsp3) is 0.500. The van der Waals surface area contributed by atoms with E-state index in [1.54, 1.807) is 0 Å². The monoisotopic (exact) mass is 359 g/mol. The van der Waals surface area contributed by atoms with Crippen molar-refractivity contribution < 1.29 is 17.9 Å². The first-order valence-electron chi connectivity index (χ1n) is 7.79. The Morgan fingerprint density at radius 1 is 1.25 bits per heavy atom. The van der Waals surface area contributed by atoms with Crippen molar-refractivity contribution >= 4 is 32.5 Å². The van der Waals surface area contributed by atoms with Crippen molar-refractivity contribution in [2.45, 2.75) is 40.0 Å². The lowest BCUT2D eigenvalue weighted by atomic mass is 10.3. The predicted molar refractivity (Wildman–Crippen MR) is 91.2 cm³/mol. The number of fused-ring (bicyclic) bond motifs is 1. The molecule has 0 bridgehead atoms. The Morgan fingerprint density at radius 2 is 1.92 bits per heavy atom. The maximum Gasteiger partial charge on any atom is 0.573 e. The van der Waals surface area contributed by atoms with E-state index in [4.69, 9.17) is 0 Å². The molecule has 0 saturated carbocycles. The van der Waals surface area contributed by atoms with E-state index in [1.165, 1.54) is 29.5 Å². The van der Waals surface area contributed by atoms with Gasteiger partial charge in [-0.3, -0.25) is 0 Å². The molecule has 1 aromatic carbocycles. The van der Waals surface area contributed by atoms with Gasteiger partial charge in [-0.05, 0) is 31.9 Å². The number of benzene rings is 1. The highest BCUT2D eigenvalue weighted by atomic mass is 32.1. The zero-order valence-electron chi connectivity index (χ0n) is 13.9. The average molecular weight is 359 g/mol. The number of hydrogen-bond donors (Lipinski definition) is 0. The summed E-state index contributed by atoms with van der Waals surface area (Å²) in [6.07, 6.45) is -2.66. The van der Waals surface area contributed by atoms with Crippen LogP contribution in [0.1, 0.15) is 33.6 Å². The van der Waals surface area contributed by atoms with E-state index in [9.17, 15) is 13.2 Å². The number of rotatable bonds is 6. The molecule has 4 nitrogen and oxygen atoms in total. The number of nitrogens with zero attached hydrogens (tertiary/aromatic N) is 3. The van der Waals surface area contributed by atoms with Gasteiger partial charge in [0.25, 0.3) is 0 Å². The van der Waals surface area contributed by atoms with Crippen LogP contribution in [0.25, 0.3) is 10.2 Å². The Morgan fingerprint density at radius 3 is 2.50 bits per heavy atom. The molecule has 0 aliphatic carbocycles. The van der Waals surface area contributed by atoms with Crippen molar-refractivity contribution in [3.05, 3.63) is 18.2 Å². The second-order valence-electron chi connectivity index (χ2n) is 5.32. The van der Waals surface area contributed by atoms with Crippen LogP contribution in [0.5, 0.6) is 5.75 Å². The van der Waals surface area contributed by atoms with Crippen LogP contribution in [0.15, 0.2) is 23.2 Å². The van der Waals surface area contributed by atoms with Gasteiger partial charge in [0, 0.05) is 19.2 Å². The molecule has 0 saturated heterocycles. The first-order valence-corrected chi connectivity index (χ1v) is 8.60. The van der Waals surface area contributed by atoms with Crippen molar-refractivity contribution in [1.82, 2.24) is 9.88 Å². The van der Waals surface area contributed by atoms with Gasteiger partial charge < -0.3 is 9.64 Å². The lowest BCUT2D eigenvalue weighted by molar-refractivity contribution is -0.274. The zero-order chi connectivity index (χ0) is 17.7. The highest BCUT2D eigenvalue weighted by Gasteiger charge is 2.31. The van der Waals surface area contributed by atoms with Crippen molar-refractivity contribution in [1.29, 1.82) is 0 Å². The molecule has 0 spiro atoms. The molecule has 1 heterocycles. The normalized spacial score (nSPS) is 12.7. The lowest BCUT2D eigenvalue weighted by Gasteiger charge is -2.22. The number of aliphatic imine (C=N–C) groups is 1. The van der Waals surface area contributed by atoms with Gasteiger partial charge in [0.1, 0.15) is 11.6 Å². The van der Waals surface area contributed by atoms with E-state index in [0.717, 1.165) is 31.8 Å². The molecule has 2 aromatic rings. The van der Waals surface area contributed by atoms with Gasteiger partial charge in [0.15, 0.2) is 0 Å². The van der Waals surface area contributed by atoms with Crippen molar-refractivity contribution in [2.75, 3.05) is 13.1 Å². The molecule has 0 atom stereocenters. The quantitative estimate of drug-likeness (QED) is 0.514. The molecule has 8 heteroatoms. The van der Waals surface area contributed by atoms with Crippen LogP contribution < -0.4 is 4.74 Å². The summed E-state index contributed by atoms with van der Waals surface area (Å²) in [4.78, 5) is 11.1. The molecule has 0 aliphatic heterocycles. The summed E-state index contributed by atoms with van der Waals surface area (Å²) < 4.78 is 41.4. The maximum atomic E-state index is 12.3. The summed E-state index contributed by atoms with van der Waals surface area (Å²) in [7, 11) is 0. The fourth-order valence-corrected chi connectivity index (χ4v) is 3.23. The Labute approximate surface area is 143 Å². The van der Waals surface area contributed by atoms with Gasteiger partial charge in [0.05, 0.1) is 10.2 Å². The van der Waals surface area contributed by atoms with E-state index in [-0.39, 0.29) is 5.75 Å². The number of amidine groups is 1. The Balaban J connectivity index is 2.24. The molecule has 0 radical (unpaired) electrons. The molecular formula is C16H20F3N3OS. The van der Waals surface area contributed by atoms with E-state index in [2.05, 4.69) is 33.5 Å². The summed E-state index contributed by atoms with van der Waals surface area (Å²) in [6.45, 7) is 7.97. The molecule has 0 N–H and O–H groups in total. The highest BCUT2D eigenvalue weighted by Crippen LogP contribution is 2.33. The lowest BCUT2D eigenvalue weighted by Crippen LogP contribution is -2.30. The number of hydrogen-bond acceptors (Lipinski definition) is 4. The van der Waals surface area contributed by atoms with Crippen LogP contribution in [0.2, 0.25) is 0 Å². The number of thiazole rings is 1. The molecule has 1 aromatic heterocycles. The Bertz CT molecular complexity index is 706. The SMILES string of the molecule is CCCN(CCC)/C(C)=N/c1nc2ccc(OC(F)(F)F)cc2s1. The van der Waals surface area contributed by atoms with E-state index in [1.807, 2.05) is 6.92 Å². The summed E-state index contributed by atoms with van der Waals surface area (Å²) in [5.74, 6) is 0.619. The van der Waals surface area contributed by atoms with Gasteiger partial charge in [-0.2, -0.15) is 0 Å². The topological polar surface area (TPSA) is 37.7 Å². The van der Waals surface area contributed by atoms with Crippen LogP contribution in [0, 0.1) is 0 Å². The van der Waals surface area contributed by atoms with Gasteiger partial charge >= 0.3 is 6.36 Å². The summed E-state index contributed by atoms with van der Waals surface area (Å²) in [6, 6.07) is 4.11. The smallest absolute Gasteiger partial charge is 0.406 e. The first-order chi connectivity index (χ1) is 11.3. The first kappa shape index (κ1) is 18.5. The fourth-order valence-electron chi connectivity index (χ4n) is 2.32. The Kier molecular flexibility index (Phi) is 6.04. The highest BCUT2D eigenvalue weighted by molar-refractivity contribution is 7.22. The molecule has 0 unspecified atom stereocenters. The molecule has 0 aliphatic rings. The molecule has 2 rings (SSSR count). The van der Waals surface area contributed by atoms with Crippen LogP contribution in [0.4, 0.5) is 18.3 Å². The predicted octanol–water partition coefficient (Wildman–Crippen LogP) is 5.37. The third kappa shape index (κ3) is 5.09. The van der Waals surface area contributed by atoms with Gasteiger partial charge in [-0.1, -0.05) is 25.2 Å². The minimum absolute atomic E-state index is 0.246. The Hall–Kier alpha value is -1.83. The van der Waals surface area contributed by atoms with Gasteiger partial charge in [-0.15, -0.1) is 13.2 Å². The van der Waals surface area contributed by atoms with E-state index < -0.39 is 6.36 Å². The number of aromatic nitrogens is 1. The molecule has 24 heavy (non-hydrogen) atoms. The third-order valence-corrected chi connectivity index (χ3v) is 4.20. The van der Waals surface area contributed by atoms with E-state index >= 15 is 0 Å². The maximum absolute atomic E-state index is 12.3. The average Bonchev–Trinajstić information content (AvgIpc) is 2.86. The van der Waals surface area contributed by atoms with Crippen molar-refractivity contribution in [2.24, 2.45) is 4.99 Å². The molecule has 132 valence electrons. The number of halogens is 3. The number of ether oxygens (including phenoxy) is 1. The van der Waals surface area contributed by atoms with Gasteiger partial charge in [0.2, 0.25) is 5.13 Å². The van der Waals surface area contributed by atoms with Crippen LogP contribution in [0.3, 0.4) is 0 Å². The number of alkyl halides is 3. The standard InChI is InChI=1S/C16H20F3N3OS/c1-4-8-22(9-5-2)11(3)20-15-21-13-7-6-12(10-14(13)24-15)23-16(17,18)19/h6-7,10H,4-5,8-9H2,1-3H3/b20-11+.